The number of imidazole rings is 1. The molecule has 0 saturated heterocycles. The summed E-state index contributed by atoms with van der Waals surface area (Å²) in [6, 6.07) is 6.46. The number of aryl methyl sites for hydroxylation is 1. The number of hydrogen-bond acceptors (Lipinski definition) is 1. The van der Waals surface area contributed by atoms with Crippen LogP contribution in [0.3, 0.4) is 0 Å². The molecule has 94 valence electrons. The molecule has 0 saturated carbocycles. The molecule has 0 radical (unpaired) electrons. The minimum Gasteiger partial charge on any atom is -0.345 e. The van der Waals surface area contributed by atoms with Gasteiger partial charge in [0.25, 0.3) is 0 Å². The van der Waals surface area contributed by atoms with Gasteiger partial charge in [-0.05, 0) is 37.0 Å². The summed E-state index contributed by atoms with van der Waals surface area (Å²) in [5, 5.41) is 0. The molecule has 2 heteroatoms. The predicted octanol–water partition coefficient (Wildman–Crippen LogP) is 4.26. The maximum Gasteiger partial charge on any atom is 0.0924 e. The lowest BCUT2D eigenvalue weighted by Crippen LogP contribution is -1.94. The zero-order valence-corrected chi connectivity index (χ0v) is 11.3. The maximum atomic E-state index is 4.13. The van der Waals surface area contributed by atoms with Crippen molar-refractivity contribution in [1.29, 1.82) is 0 Å². The van der Waals surface area contributed by atoms with Gasteiger partial charge in [-0.2, -0.15) is 0 Å². The Hall–Kier alpha value is -1.83. The fourth-order valence-electron chi connectivity index (χ4n) is 2.10. The predicted molar refractivity (Wildman–Crippen MR) is 76.5 cm³/mol. The maximum absolute atomic E-state index is 4.13. The van der Waals surface area contributed by atoms with Gasteiger partial charge in [0.1, 0.15) is 0 Å². The van der Waals surface area contributed by atoms with Gasteiger partial charge < -0.3 is 4.98 Å². The van der Waals surface area contributed by atoms with Crippen LogP contribution in [0, 0.1) is 13.8 Å². The molecule has 0 atom stereocenters. The van der Waals surface area contributed by atoms with Crippen LogP contribution in [0.4, 0.5) is 0 Å². The van der Waals surface area contributed by atoms with E-state index in [1.807, 2.05) is 6.20 Å². The van der Waals surface area contributed by atoms with Crippen molar-refractivity contribution in [3.8, 4) is 0 Å². The monoisotopic (exact) mass is 240 g/mol. The van der Waals surface area contributed by atoms with Crippen LogP contribution in [0.25, 0.3) is 5.57 Å². The summed E-state index contributed by atoms with van der Waals surface area (Å²) >= 11 is 0. The number of hydrogen-bond donors (Lipinski definition) is 1. The fourth-order valence-corrected chi connectivity index (χ4v) is 2.10. The van der Waals surface area contributed by atoms with Crippen molar-refractivity contribution in [2.24, 2.45) is 0 Å². The van der Waals surface area contributed by atoms with E-state index in [4.69, 9.17) is 0 Å². The molecular formula is C16H20N2. The zero-order valence-electron chi connectivity index (χ0n) is 11.3. The van der Waals surface area contributed by atoms with Gasteiger partial charge in [0, 0.05) is 5.57 Å². The number of aromatic amines is 1. The highest BCUT2D eigenvalue weighted by molar-refractivity contribution is 5.79. The molecule has 0 fully saturated rings. The highest BCUT2D eigenvalue weighted by Gasteiger charge is 2.09. The lowest BCUT2D eigenvalue weighted by Gasteiger charge is -2.11. The second-order valence-electron chi connectivity index (χ2n) is 4.62. The topological polar surface area (TPSA) is 28.7 Å². The molecule has 0 spiro atoms. The molecule has 1 N–H and O–H groups in total. The van der Waals surface area contributed by atoms with Gasteiger partial charge in [-0.3, -0.25) is 0 Å². The van der Waals surface area contributed by atoms with Crippen molar-refractivity contribution in [2.45, 2.75) is 33.6 Å². The number of nitrogens with zero attached hydrogens (tertiary/aromatic N) is 1. The number of benzene rings is 1. The smallest absolute Gasteiger partial charge is 0.0924 e. The molecule has 0 amide bonds. The SMILES string of the molecule is CCC/C=C(/c1cnc[nH]1)c1cccc(C)c1C. The summed E-state index contributed by atoms with van der Waals surface area (Å²) in [5.74, 6) is 0. The standard InChI is InChI=1S/C16H20N2/c1-4-5-8-15(16-10-17-11-18-16)14-9-6-7-12(2)13(14)3/h6-11H,4-5H2,1-3H3,(H,17,18)/b15-8+. The number of nitrogens with one attached hydrogen (secondary N) is 1. The van der Waals surface area contributed by atoms with Gasteiger partial charge in [-0.1, -0.05) is 37.6 Å². The van der Waals surface area contributed by atoms with Crippen LogP contribution in [-0.4, -0.2) is 9.97 Å². The molecule has 18 heavy (non-hydrogen) atoms. The van der Waals surface area contributed by atoms with E-state index in [1.165, 1.54) is 22.3 Å². The Balaban J connectivity index is 2.50. The van der Waals surface area contributed by atoms with Gasteiger partial charge in [0.15, 0.2) is 0 Å². The average molecular weight is 240 g/mol. The summed E-state index contributed by atoms with van der Waals surface area (Å²) in [4.78, 5) is 7.34. The van der Waals surface area contributed by atoms with Crippen LogP contribution in [0.5, 0.6) is 0 Å². The van der Waals surface area contributed by atoms with Gasteiger partial charge in [0.05, 0.1) is 18.2 Å². The summed E-state index contributed by atoms with van der Waals surface area (Å²) in [7, 11) is 0. The molecular weight excluding hydrogens is 220 g/mol. The molecule has 2 rings (SSSR count). The minimum atomic E-state index is 1.09. The Morgan fingerprint density at radius 3 is 2.83 bits per heavy atom. The van der Waals surface area contributed by atoms with Gasteiger partial charge in [-0.25, -0.2) is 4.98 Å². The first-order valence-electron chi connectivity index (χ1n) is 6.49. The minimum absolute atomic E-state index is 1.09. The first kappa shape index (κ1) is 12.6. The highest BCUT2D eigenvalue weighted by Crippen LogP contribution is 2.26. The van der Waals surface area contributed by atoms with Crippen LogP contribution in [0.15, 0.2) is 36.8 Å². The number of unbranched alkanes of at least 4 members (excludes halogenated alkanes) is 1. The third-order valence-corrected chi connectivity index (χ3v) is 3.32. The Labute approximate surface area is 109 Å². The molecule has 1 aromatic heterocycles. The first-order valence-corrected chi connectivity index (χ1v) is 6.49. The van der Waals surface area contributed by atoms with E-state index in [2.05, 4.69) is 55.0 Å². The van der Waals surface area contributed by atoms with Crippen LogP contribution in [0.1, 0.15) is 42.1 Å². The molecule has 1 aromatic carbocycles. The molecule has 0 unspecified atom stereocenters. The second kappa shape index (κ2) is 5.67. The van der Waals surface area contributed by atoms with Gasteiger partial charge in [0.2, 0.25) is 0 Å². The molecule has 1 heterocycles. The average Bonchev–Trinajstić information content (AvgIpc) is 2.88. The van der Waals surface area contributed by atoms with E-state index in [9.17, 15) is 0 Å². The molecule has 0 aliphatic rings. The normalized spacial score (nSPS) is 11.8. The van der Waals surface area contributed by atoms with Gasteiger partial charge >= 0.3 is 0 Å². The number of rotatable bonds is 4. The third kappa shape index (κ3) is 2.53. The number of allylic oxidation sites excluding steroid dienone is 1. The van der Waals surface area contributed by atoms with Crippen LogP contribution < -0.4 is 0 Å². The van der Waals surface area contributed by atoms with E-state index in [1.54, 1.807) is 6.33 Å². The summed E-state index contributed by atoms with van der Waals surface area (Å²) in [6.07, 6.45) is 8.17. The molecule has 0 aliphatic heterocycles. The van der Waals surface area contributed by atoms with E-state index >= 15 is 0 Å². The third-order valence-electron chi connectivity index (χ3n) is 3.32. The Bertz CT molecular complexity index is 536. The lowest BCUT2D eigenvalue weighted by molar-refractivity contribution is 0.959. The van der Waals surface area contributed by atoms with Crippen molar-refractivity contribution in [3.05, 3.63) is 59.2 Å². The number of aromatic nitrogens is 2. The summed E-state index contributed by atoms with van der Waals surface area (Å²) in [5.41, 5.74) is 6.32. The Morgan fingerprint density at radius 2 is 2.17 bits per heavy atom. The van der Waals surface area contributed by atoms with E-state index in [-0.39, 0.29) is 0 Å². The van der Waals surface area contributed by atoms with Crippen LogP contribution in [0.2, 0.25) is 0 Å². The first-order chi connectivity index (χ1) is 8.74. The fraction of sp³-hybridized carbons (Fsp3) is 0.312. The van der Waals surface area contributed by atoms with Crippen molar-refractivity contribution in [2.75, 3.05) is 0 Å². The van der Waals surface area contributed by atoms with E-state index in [0.29, 0.717) is 0 Å². The van der Waals surface area contributed by atoms with Crippen LogP contribution >= 0.6 is 0 Å². The molecule has 2 aromatic rings. The molecule has 2 nitrogen and oxygen atoms in total. The number of H-pyrrole nitrogens is 1. The van der Waals surface area contributed by atoms with Crippen molar-refractivity contribution in [1.82, 2.24) is 9.97 Å². The largest absolute Gasteiger partial charge is 0.345 e. The lowest BCUT2D eigenvalue weighted by atomic mass is 9.94. The van der Waals surface area contributed by atoms with Crippen molar-refractivity contribution >= 4 is 5.57 Å². The van der Waals surface area contributed by atoms with E-state index in [0.717, 1.165) is 18.5 Å². The highest BCUT2D eigenvalue weighted by atomic mass is 14.9. The van der Waals surface area contributed by atoms with Crippen molar-refractivity contribution < 1.29 is 0 Å². The van der Waals surface area contributed by atoms with Crippen molar-refractivity contribution in [3.63, 3.8) is 0 Å². The molecule has 0 bridgehead atoms. The zero-order chi connectivity index (χ0) is 13.0. The van der Waals surface area contributed by atoms with Gasteiger partial charge in [-0.15, -0.1) is 0 Å². The Kier molecular flexibility index (Phi) is 3.98. The summed E-state index contributed by atoms with van der Waals surface area (Å²) in [6.45, 7) is 6.54. The Morgan fingerprint density at radius 1 is 1.33 bits per heavy atom. The quantitative estimate of drug-likeness (QED) is 0.850. The summed E-state index contributed by atoms with van der Waals surface area (Å²) < 4.78 is 0. The second-order valence-corrected chi connectivity index (χ2v) is 4.62. The van der Waals surface area contributed by atoms with E-state index < -0.39 is 0 Å². The van der Waals surface area contributed by atoms with Crippen LogP contribution in [-0.2, 0) is 0 Å². The molecule has 0 aliphatic carbocycles.